The number of carbonyl (C=O) groups excluding carboxylic acids is 2. The van der Waals surface area contributed by atoms with Gasteiger partial charge in [-0.05, 0) is 36.8 Å². The Morgan fingerprint density at radius 2 is 1.89 bits per heavy atom. The fourth-order valence-electron chi connectivity index (χ4n) is 2.53. The summed E-state index contributed by atoms with van der Waals surface area (Å²) >= 11 is 1.06. The fraction of sp³-hybridized carbons (Fsp3) is 0.368. The lowest BCUT2D eigenvalue weighted by Crippen LogP contribution is -2.45. The zero-order valence-corrected chi connectivity index (χ0v) is 17.3. The van der Waals surface area contributed by atoms with Gasteiger partial charge in [0.15, 0.2) is 6.61 Å². The van der Waals surface area contributed by atoms with E-state index in [9.17, 15) is 18.0 Å². The molecular formula is C19H23NO5S2. The van der Waals surface area contributed by atoms with Crippen LogP contribution in [-0.4, -0.2) is 32.8 Å². The van der Waals surface area contributed by atoms with E-state index in [1.54, 1.807) is 31.4 Å². The first kappa shape index (κ1) is 21.3. The molecule has 2 aromatic rings. The Morgan fingerprint density at radius 3 is 2.44 bits per heavy atom. The third-order valence-electron chi connectivity index (χ3n) is 3.99. The number of benzene rings is 1. The predicted molar refractivity (Wildman–Crippen MR) is 104 cm³/mol. The van der Waals surface area contributed by atoms with Crippen LogP contribution in [0.2, 0.25) is 0 Å². The molecule has 0 saturated carbocycles. The van der Waals surface area contributed by atoms with Gasteiger partial charge in [-0.1, -0.05) is 43.7 Å². The minimum absolute atomic E-state index is 0.118. The van der Waals surface area contributed by atoms with Crippen molar-refractivity contribution in [2.45, 2.75) is 37.9 Å². The van der Waals surface area contributed by atoms with Gasteiger partial charge in [0.1, 0.15) is 10.3 Å². The molecule has 1 heterocycles. The van der Waals surface area contributed by atoms with Crippen molar-refractivity contribution in [2.24, 2.45) is 5.92 Å². The molecule has 0 amide bonds. The molecule has 146 valence electrons. The van der Waals surface area contributed by atoms with Gasteiger partial charge in [-0.15, -0.1) is 11.3 Å². The molecule has 0 saturated heterocycles. The van der Waals surface area contributed by atoms with E-state index in [0.717, 1.165) is 22.5 Å². The van der Waals surface area contributed by atoms with Crippen LogP contribution in [-0.2, 0) is 19.6 Å². The Hall–Kier alpha value is -2.03. The number of Topliss-reactive ketones (excluding diaryl/α,β-unsaturated/α-hetero) is 1. The highest BCUT2D eigenvalue weighted by Crippen LogP contribution is 2.18. The highest BCUT2D eigenvalue weighted by molar-refractivity contribution is 7.91. The monoisotopic (exact) mass is 409 g/mol. The number of rotatable bonds is 8. The van der Waals surface area contributed by atoms with Crippen molar-refractivity contribution in [1.29, 1.82) is 0 Å². The van der Waals surface area contributed by atoms with Gasteiger partial charge in [-0.25, -0.2) is 8.42 Å². The maximum Gasteiger partial charge on any atom is 0.324 e. The average Bonchev–Trinajstić information content (AvgIpc) is 3.12. The lowest BCUT2D eigenvalue weighted by atomic mass is 10.0. The Kier molecular flexibility index (Phi) is 6.91. The van der Waals surface area contributed by atoms with Crippen LogP contribution in [0.15, 0.2) is 39.9 Å². The molecule has 1 aromatic carbocycles. The molecule has 0 aliphatic heterocycles. The van der Waals surface area contributed by atoms with Crippen LogP contribution in [0.25, 0.3) is 0 Å². The van der Waals surface area contributed by atoms with Gasteiger partial charge >= 0.3 is 5.97 Å². The highest BCUT2D eigenvalue weighted by atomic mass is 32.2. The van der Waals surface area contributed by atoms with Crippen molar-refractivity contribution < 1.29 is 22.7 Å². The molecule has 0 fully saturated rings. The van der Waals surface area contributed by atoms with E-state index >= 15 is 0 Å². The summed E-state index contributed by atoms with van der Waals surface area (Å²) < 4.78 is 32.4. The molecule has 1 atom stereocenters. The molecule has 27 heavy (non-hydrogen) atoms. The van der Waals surface area contributed by atoms with Crippen molar-refractivity contribution in [2.75, 3.05) is 6.61 Å². The van der Waals surface area contributed by atoms with E-state index in [0.29, 0.717) is 5.56 Å². The van der Waals surface area contributed by atoms with Crippen LogP contribution in [0.5, 0.6) is 0 Å². The summed E-state index contributed by atoms with van der Waals surface area (Å²) in [5, 5.41) is 1.64. The summed E-state index contributed by atoms with van der Waals surface area (Å²) in [7, 11) is -3.83. The Balaban J connectivity index is 2.06. The predicted octanol–water partition coefficient (Wildman–Crippen LogP) is 3.09. The lowest BCUT2D eigenvalue weighted by molar-refractivity contribution is -0.145. The maximum absolute atomic E-state index is 12.4. The fourth-order valence-corrected chi connectivity index (χ4v) is 4.87. The highest BCUT2D eigenvalue weighted by Gasteiger charge is 2.30. The zero-order chi connectivity index (χ0) is 20.2. The van der Waals surface area contributed by atoms with Crippen molar-refractivity contribution >= 4 is 33.1 Å². The van der Waals surface area contributed by atoms with Crippen LogP contribution in [0.1, 0.15) is 35.3 Å². The summed E-state index contributed by atoms with van der Waals surface area (Å²) in [6.45, 7) is 6.71. The second kappa shape index (κ2) is 8.77. The number of sulfonamides is 1. The zero-order valence-electron chi connectivity index (χ0n) is 15.7. The second-order valence-corrected chi connectivity index (χ2v) is 9.51. The largest absolute Gasteiger partial charge is 0.456 e. The third-order valence-corrected chi connectivity index (χ3v) is 6.83. The van der Waals surface area contributed by atoms with Gasteiger partial charge < -0.3 is 4.74 Å². The van der Waals surface area contributed by atoms with Crippen molar-refractivity contribution in [1.82, 2.24) is 4.72 Å². The lowest BCUT2D eigenvalue weighted by Gasteiger charge is -2.20. The Morgan fingerprint density at radius 1 is 1.19 bits per heavy atom. The molecule has 0 unspecified atom stereocenters. The molecule has 0 radical (unpaired) electrons. The minimum atomic E-state index is -3.83. The third kappa shape index (κ3) is 5.47. The van der Waals surface area contributed by atoms with E-state index < -0.39 is 28.6 Å². The SMILES string of the molecule is Cc1ccc(C(=O)COC(=O)[C@@H](NS(=O)(=O)c2cccs2)C(C)C)c(C)c1. The quantitative estimate of drug-likeness (QED) is 0.534. The minimum Gasteiger partial charge on any atom is -0.456 e. The van der Waals surface area contributed by atoms with Gasteiger partial charge in [0.25, 0.3) is 10.0 Å². The molecule has 2 rings (SSSR count). The van der Waals surface area contributed by atoms with Gasteiger partial charge in [0.05, 0.1) is 0 Å². The van der Waals surface area contributed by atoms with Gasteiger partial charge in [-0.2, -0.15) is 4.72 Å². The number of carbonyl (C=O) groups is 2. The molecule has 0 aliphatic rings. The average molecular weight is 410 g/mol. The van der Waals surface area contributed by atoms with Crippen LogP contribution < -0.4 is 4.72 Å². The summed E-state index contributed by atoms with van der Waals surface area (Å²) in [5.74, 6) is -1.45. The normalized spacial score (nSPS) is 12.8. The number of thiophene rings is 1. The van der Waals surface area contributed by atoms with Crippen LogP contribution in [0.4, 0.5) is 0 Å². The maximum atomic E-state index is 12.4. The van der Waals surface area contributed by atoms with E-state index in [1.807, 2.05) is 26.0 Å². The Bertz CT molecular complexity index is 918. The Labute approximate surface area is 163 Å². The van der Waals surface area contributed by atoms with Crippen molar-refractivity contribution in [3.8, 4) is 0 Å². The summed E-state index contributed by atoms with van der Waals surface area (Å²) in [4.78, 5) is 24.7. The number of hydrogen-bond donors (Lipinski definition) is 1. The number of nitrogens with one attached hydrogen (secondary N) is 1. The number of esters is 1. The first-order valence-electron chi connectivity index (χ1n) is 8.44. The van der Waals surface area contributed by atoms with Gasteiger partial charge in [-0.3, -0.25) is 9.59 Å². The molecular weight excluding hydrogens is 386 g/mol. The summed E-state index contributed by atoms with van der Waals surface area (Å²) in [6.07, 6.45) is 0. The number of hydrogen-bond acceptors (Lipinski definition) is 6. The second-order valence-electron chi connectivity index (χ2n) is 6.62. The van der Waals surface area contributed by atoms with E-state index in [-0.39, 0.29) is 15.9 Å². The molecule has 1 aromatic heterocycles. The number of ether oxygens (including phenoxy) is 1. The van der Waals surface area contributed by atoms with E-state index in [2.05, 4.69) is 4.72 Å². The molecule has 8 heteroatoms. The summed E-state index contributed by atoms with van der Waals surface area (Å²) in [6, 6.07) is 7.38. The molecule has 0 bridgehead atoms. The van der Waals surface area contributed by atoms with E-state index in [4.69, 9.17) is 4.74 Å². The molecule has 0 aliphatic carbocycles. The van der Waals surface area contributed by atoms with Crippen molar-refractivity contribution in [3.05, 3.63) is 52.4 Å². The molecule has 0 spiro atoms. The first-order chi connectivity index (χ1) is 12.6. The van der Waals surface area contributed by atoms with Gasteiger partial charge in [0.2, 0.25) is 5.78 Å². The molecule has 1 N–H and O–H groups in total. The van der Waals surface area contributed by atoms with Crippen LogP contribution >= 0.6 is 11.3 Å². The smallest absolute Gasteiger partial charge is 0.324 e. The topological polar surface area (TPSA) is 89.5 Å². The number of ketones is 1. The van der Waals surface area contributed by atoms with Crippen LogP contribution in [0.3, 0.4) is 0 Å². The van der Waals surface area contributed by atoms with E-state index in [1.165, 1.54) is 6.07 Å². The first-order valence-corrected chi connectivity index (χ1v) is 10.8. The molecule has 6 nitrogen and oxygen atoms in total. The summed E-state index contributed by atoms with van der Waals surface area (Å²) in [5.41, 5.74) is 2.31. The standard InChI is InChI=1S/C19H23NO5S2/c1-12(2)18(20-27(23,24)17-6-5-9-26-17)19(22)25-11-16(21)15-8-7-13(3)10-14(15)4/h5-10,12,18,20H,11H2,1-4H3/t18-/m0/s1. The van der Waals surface area contributed by atoms with Crippen molar-refractivity contribution in [3.63, 3.8) is 0 Å². The van der Waals surface area contributed by atoms with Gasteiger partial charge in [0, 0.05) is 5.56 Å². The number of aryl methyl sites for hydroxylation is 2. The van der Waals surface area contributed by atoms with Crippen LogP contribution in [0, 0.1) is 19.8 Å².